The topological polar surface area (TPSA) is 0 Å². The molecular weight excluding hydrogens is 192 g/mol. The van der Waals surface area contributed by atoms with Gasteiger partial charge in [0.15, 0.2) is 0 Å². The van der Waals surface area contributed by atoms with Gasteiger partial charge in [-0.2, -0.15) is 0 Å². The van der Waals surface area contributed by atoms with Crippen LogP contribution in [0.15, 0.2) is 72.9 Å². The lowest BCUT2D eigenvalue weighted by molar-refractivity contribution is 0.845. The Morgan fingerprint density at radius 1 is 1.00 bits per heavy atom. The van der Waals surface area contributed by atoms with Crippen LogP contribution in [0.1, 0.15) is 20.8 Å². The van der Waals surface area contributed by atoms with Crippen LogP contribution in [-0.2, 0) is 0 Å². The van der Waals surface area contributed by atoms with Crippen LogP contribution in [0.25, 0.3) is 0 Å². The first-order valence-electron chi connectivity index (χ1n) is 5.61. The Morgan fingerprint density at radius 3 is 2.12 bits per heavy atom. The zero-order valence-electron chi connectivity index (χ0n) is 10.6. The Morgan fingerprint density at radius 2 is 1.69 bits per heavy atom. The summed E-state index contributed by atoms with van der Waals surface area (Å²) in [5.41, 5.74) is 2.55. The Labute approximate surface area is 100 Å². The molecule has 0 aromatic heterocycles. The van der Waals surface area contributed by atoms with E-state index in [2.05, 4.69) is 57.4 Å². The lowest BCUT2D eigenvalue weighted by atomic mass is 9.91. The van der Waals surface area contributed by atoms with Crippen molar-refractivity contribution in [3.8, 4) is 0 Å². The number of hydrogen-bond acceptors (Lipinski definition) is 0. The molecule has 0 saturated carbocycles. The van der Waals surface area contributed by atoms with Crippen molar-refractivity contribution in [1.82, 2.24) is 0 Å². The van der Waals surface area contributed by atoms with Crippen molar-refractivity contribution < 1.29 is 0 Å². The Hall–Kier alpha value is -1.56. The average molecular weight is 214 g/mol. The molecule has 16 heavy (non-hydrogen) atoms. The van der Waals surface area contributed by atoms with E-state index in [1.54, 1.807) is 6.08 Å². The molecule has 0 spiro atoms. The van der Waals surface area contributed by atoms with E-state index >= 15 is 0 Å². The third kappa shape index (κ3) is 4.79. The van der Waals surface area contributed by atoms with Gasteiger partial charge in [-0.1, -0.05) is 68.7 Å². The zero-order valence-corrected chi connectivity index (χ0v) is 10.6. The summed E-state index contributed by atoms with van der Waals surface area (Å²) >= 11 is 0. The summed E-state index contributed by atoms with van der Waals surface area (Å²) in [6.45, 7) is 13.7. The summed E-state index contributed by atoms with van der Waals surface area (Å²) < 4.78 is 0. The molecular formula is C16H22. The molecule has 0 fully saturated rings. The van der Waals surface area contributed by atoms with Crippen LogP contribution in [0.2, 0.25) is 0 Å². The van der Waals surface area contributed by atoms with Crippen molar-refractivity contribution in [2.75, 3.05) is 0 Å². The molecule has 0 heterocycles. The van der Waals surface area contributed by atoms with E-state index in [9.17, 15) is 0 Å². The van der Waals surface area contributed by atoms with Crippen molar-refractivity contribution in [2.45, 2.75) is 20.8 Å². The van der Waals surface area contributed by atoms with Gasteiger partial charge in [-0.25, -0.2) is 0 Å². The van der Waals surface area contributed by atoms with E-state index in [4.69, 9.17) is 0 Å². The van der Waals surface area contributed by atoms with Crippen LogP contribution < -0.4 is 0 Å². The highest BCUT2D eigenvalue weighted by molar-refractivity contribution is 5.36. The summed E-state index contributed by atoms with van der Waals surface area (Å²) in [7, 11) is 0. The molecule has 0 aliphatic rings. The molecule has 0 N–H and O–H groups in total. The summed E-state index contributed by atoms with van der Waals surface area (Å²) in [4.78, 5) is 0. The average Bonchev–Trinajstić information content (AvgIpc) is 2.29. The van der Waals surface area contributed by atoms with Crippen LogP contribution in [-0.4, -0.2) is 0 Å². The van der Waals surface area contributed by atoms with E-state index in [1.807, 2.05) is 19.1 Å². The predicted molar refractivity (Wildman–Crippen MR) is 75.4 cm³/mol. The molecule has 0 nitrogen and oxygen atoms in total. The Balaban J connectivity index is 5.04. The number of allylic oxidation sites excluding steroid dienone is 10. The van der Waals surface area contributed by atoms with Gasteiger partial charge in [-0.3, -0.25) is 0 Å². The molecule has 0 bridgehead atoms. The van der Waals surface area contributed by atoms with Crippen LogP contribution in [0.5, 0.6) is 0 Å². The maximum Gasteiger partial charge on any atom is 0.00576 e. The second-order valence-corrected chi connectivity index (χ2v) is 3.51. The summed E-state index contributed by atoms with van der Waals surface area (Å²) in [6, 6.07) is 0. The van der Waals surface area contributed by atoms with Gasteiger partial charge in [0.2, 0.25) is 0 Å². The van der Waals surface area contributed by atoms with Gasteiger partial charge in [0.05, 0.1) is 0 Å². The third-order valence-corrected chi connectivity index (χ3v) is 2.43. The van der Waals surface area contributed by atoms with Crippen molar-refractivity contribution in [3.05, 3.63) is 72.9 Å². The minimum atomic E-state index is 0.371. The highest BCUT2D eigenvalue weighted by Crippen LogP contribution is 2.22. The highest BCUT2D eigenvalue weighted by atomic mass is 14.1. The lowest BCUT2D eigenvalue weighted by Crippen LogP contribution is -1.99. The normalized spacial score (nSPS) is 15.7. The van der Waals surface area contributed by atoms with Gasteiger partial charge in [0.1, 0.15) is 0 Å². The molecule has 0 aromatic carbocycles. The molecule has 0 aliphatic heterocycles. The van der Waals surface area contributed by atoms with E-state index in [0.29, 0.717) is 5.92 Å². The number of hydrogen-bond donors (Lipinski definition) is 0. The fourth-order valence-electron chi connectivity index (χ4n) is 1.53. The van der Waals surface area contributed by atoms with Crippen molar-refractivity contribution in [2.24, 2.45) is 5.92 Å². The first-order chi connectivity index (χ1) is 7.71. The minimum absolute atomic E-state index is 0.371. The quantitative estimate of drug-likeness (QED) is 0.546. The molecule has 0 saturated heterocycles. The standard InChI is InChI=1S/C16H22/c1-6-10-13-15(9-4)14(5)16(11-7-2)12-8-3/h6-14H,1-2H2,3-5H3/b12-8-,13-10-,15-9+,16-11+. The molecule has 0 heteroatoms. The van der Waals surface area contributed by atoms with E-state index in [1.165, 1.54) is 11.1 Å². The predicted octanol–water partition coefficient (Wildman–Crippen LogP) is 5.00. The Kier molecular flexibility index (Phi) is 7.87. The SMILES string of the molecule is C=C/C=C\C(=C/C)C(C)C(/C=C\C)=C/C=C. The van der Waals surface area contributed by atoms with Gasteiger partial charge >= 0.3 is 0 Å². The molecule has 86 valence electrons. The first kappa shape index (κ1) is 14.4. The molecule has 0 aromatic rings. The van der Waals surface area contributed by atoms with Crippen LogP contribution >= 0.6 is 0 Å². The number of rotatable bonds is 6. The zero-order chi connectivity index (χ0) is 12.4. The second kappa shape index (κ2) is 8.72. The lowest BCUT2D eigenvalue weighted by Gasteiger charge is -2.14. The maximum absolute atomic E-state index is 3.75. The van der Waals surface area contributed by atoms with Gasteiger partial charge in [0, 0.05) is 5.92 Å². The molecule has 1 atom stereocenters. The maximum atomic E-state index is 3.75. The van der Waals surface area contributed by atoms with E-state index < -0.39 is 0 Å². The van der Waals surface area contributed by atoms with Gasteiger partial charge in [0.25, 0.3) is 0 Å². The van der Waals surface area contributed by atoms with Gasteiger partial charge in [-0.05, 0) is 25.0 Å². The smallest absolute Gasteiger partial charge is 0.00576 e. The fraction of sp³-hybridized carbons (Fsp3) is 0.250. The monoisotopic (exact) mass is 214 g/mol. The van der Waals surface area contributed by atoms with Crippen LogP contribution in [0, 0.1) is 5.92 Å². The molecule has 0 amide bonds. The Bertz CT molecular complexity index is 335. The van der Waals surface area contributed by atoms with Crippen molar-refractivity contribution in [3.63, 3.8) is 0 Å². The van der Waals surface area contributed by atoms with Crippen LogP contribution in [0.3, 0.4) is 0 Å². The van der Waals surface area contributed by atoms with Gasteiger partial charge in [-0.15, -0.1) is 0 Å². The summed E-state index contributed by atoms with van der Waals surface area (Å²) in [5, 5.41) is 0. The largest absolute Gasteiger partial charge is 0.0991 e. The van der Waals surface area contributed by atoms with E-state index in [-0.39, 0.29) is 0 Å². The second-order valence-electron chi connectivity index (χ2n) is 3.51. The van der Waals surface area contributed by atoms with E-state index in [0.717, 1.165) is 0 Å². The molecule has 0 aliphatic carbocycles. The first-order valence-corrected chi connectivity index (χ1v) is 5.61. The minimum Gasteiger partial charge on any atom is -0.0991 e. The van der Waals surface area contributed by atoms with Crippen molar-refractivity contribution >= 4 is 0 Å². The molecule has 0 rings (SSSR count). The molecule has 1 unspecified atom stereocenters. The van der Waals surface area contributed by atoms with Crippen molar-refractivity contribution in [1.29, 1.82) is 0 Å². The fourth-order valence-corrected chi connectivity index (χ4v) is 1.53. The molecule has 0 radical (unpaired) electrons. The third-order valence-electron chi connectivity index (χ3n) is 2.43. The summed E-state index contributed by atoms with van der Waals surface area (Å²) in [5.74, 6) is 0.371. The van der Waals surface area contributed by atoms with Gasteiger partial charge < -0.3 is 0 Å². The summed E-state index contributed by atoms with van der Waals surface area (Å²) in [6.07, 6.45) is 16.0. The highest BCUT2D eigenvalue weighted by Gasteiger charge is 2.07. The van der Waals surface area contributed by atoms with Crippen LogP contribution in [0.4, 0.5) is 0 Å².